The maximum atomic E-state index is 12.0. The normalized spacial score (nSPS) is 12.5. The molecule has 0 saturated heterocycles. The van der Waals surface area contributed by atoms with Gasteiger partial charge in [0.15, 0.2) is 0 Å². The van der Waals surface area contributed by atoms with Gasteiger partial charge in [0.25, 0.3) is 5.91 Å². The third-order valence-corrected chi connectivity index (χ3v) is 3.49. The second kappa shape index (κ2) is 5.95. The molecule has 5 nitrogen and oxygen atoms in total. The highest BCUT2D eigenvalue weighted by Crippen LogP contribution is 2.17. The molecule has 1 aromatic rings. The van der Waals surface area contributed by atoms with E-state index in [2.05, 4.69) is 10.3 Å². The molecule has 0 radical (unpaired) electrons. The number of aromatic nitrogens is 1. The lowest BCUT2D eigenvalue weighted by molar-refractivity contribution is -0.139. The number of nitrogens with one attached hydrogen (secondary N) is 1. The highest BCUT2D eigenvalue weighted by Gasteiger charge is 2.23. The molecule has 0 aliphatic heterocycles. The van der Waals surface area contributed by atoms with E-state index in [1.54, 1.807) is 6.92 Å². The van der Waals surface area contributed by atoms with Crippen LogP contribution >= 0.6 is 11.3 Å². The van der Waals surface area contributed by atoms with Crippen LogP contribution in [0.3, 0.4) is 0 Å². The third kappa shape index (κ3) is 3.80. The zero-order valence-corrected chi connectivity index (χ0v) is 11.8. The molecule has 18 heavy (non-hydrogen) atoms. The number of hydrogen-bond acceptors (Lipinski definition) is 4. The van der Waals surface area contributed by atoms with Gasteiger partial charge in [0.2, 0.25) is 0 Å². The third-order valence-electron chi connectivity index (χ3n) is 2.42. The Bertz CT molecular complexity index is 454. The van der Waals surface area contributed by atoms with Crippen molar-refractivity contribution in [2.45, 2.75) is 40.2 Å². The number of amides is 1. The Morgan fingerprint density at radius 1 is 1.39 bits per heavy atom. The molecule has 1 unspecified atom stereocenters. The number of carboxylic acids is 1. The fourth-order valence-electron chi connectivity index (χ4n) is 1.66. The monoisotopic (exact) mass is 270 g/mol. The lowest BCUT2D eigenvalue weighted by Crippen LogP contribution is -2.41. The Kier molecular flexibility index (Phi) is 4.84. The van der Waals surface area contributed by atoms with Crippen molar-refractivity contribution >= 4 is 23.2 Å². The van der Waals surface area contributed by atoms with Gasteiger partial charge in [-0.25, -0.2) is 9.78 Å². The summed E-state index contributed by atoms with van der Waals surface area (Å²) in [5.41, 5.74) is 0.642. The molecule has 2 N–H and O–H groups in total. The molecule has 1 aromatic heterocycles. The van der Waals surface area contributed by atoms with E-state index < -0.39 is 12.0 Å². The molecule has 0 fully saturated rings. The van der Waals surface area contributed by atoms with Gasteiger partial charge in [0, 0.05) is 0 Å². The lowest BCUT2D eigenvalue weighted by atomic mass is 10.0. The molecule has 100 valence electrons. The number of carbonyl (C=O) groups excluding carboxylic acids is 1. The predicted octanol–water partition coefficient (Wildman–Crippen LogP) is 1.99. The van der Waals surface area contributed by atoms with Crippen molar-refractivity contribution in [3.05, 3.63) is 15.6 Å². The van der Waals surface area contributed by atoms with Gasteiger partial charge in [0.1, 0.15) is 10.9 Å². The minimum absolute atomic E-state index is 0.204. The van der Waals surface area contributed by atoms with Crippen molar-refractivity contribution in [1.29, 1.82) is 0 Å². The van der Waals surface area contributed by atoms with Crippen LogP contribution < -0.4 is 5.32 Å². The van der Waals surface area contributed by atoms with E-state index in [1.165, 1.54) is 11.3 Å². The average molecular weight is 270 g/mol. The predicted molar refractivity (Wildman–Crippen MR) is 69.9 cm³/mol. The molecule has 1 amide bonds. The van der Waals surface area contributed by atoms with Crippen LogP contribution in [0, 0.1) is 19.8 Å². The Labute approximate surface area is 110 Å². The number of carbonyl (C=O) groups is 2. The van der Waals surface area contributed by atoms with Crippen LogP contribution in [0.4, 0.5) is 0 Å². The Morgan fingerprint density at radius 3 is 2.39 bits per heavy atom. The summed E-state index contributed by atoms with van der Waals surface area (Å²) in [5, 5.41) is 12.4. The molecule has 0 aliphatic carbocycles. The van der Waals surface area contributed by atoms with E-state index in [-0.39, 0.29) is 11.8 Å². The molecular weight excluding hydrogens is 252 g/mol. The van der Waals surface area contributed by atoms with E-state index in [0.29, 0.717) is 17.0 Å². The van der Waals surface area contributed by atoms with E-state index in [4.69, 9.17) is 5.11 Å². The number of nitrogens with zero attached hydrogens (tertiary/aromatic N) is 1. The molecule has 0 aromatic carbocycles. The lowest BCUT2D eigenvalue weighted by Gasteiger charge is -2.15. The number of aliphatic carboxylic acids is 1. The molecule has 1 rings (SSSR count). The first-order valence-corrected chi connectivity index (χ1v) is 6.60. The van der Waals surface area contributed by atoms with E-state index in [1.807, 2.05) is 20.8 Å². The average Bonchev–Trinajstić information content (AvgIpc) is 2.56. The van der Waals surface area contributed by atoms with Crippen LogP contribution in [0.2, 0.25) is 0 Å². The summed E-state index contributed by atoms with van der Waals surface area (Å²) in [7, 11) is 0. The zero-order chi connectivity index (χ0) is 13.9. The van der Waals surface area contributed by atoms with Crippen molar-refractivity contribution in [2.75, 3.05) is 0 Å². The molecular formula is C12H18N2O3S. The number of rotatable bonds is 5. The summed E-state index contributed by atoms with van der Waals surface area (Å²) in [6, 6.07) is -0.848. The second-order valence-electron chi connectivity index (χ2n) is 4.64. The second-order valence-corrected chi connectivity index (χ2v) is 5.84. The minimum atomic E-state index is -1.00. The van der Waals surface area contributed by atoms with Gasteiger partial charge in [-0.1, -0.05) is 13.8 Å². The molecule has 1 atom stereocenters. The number of aryl methyl sites for hydroxylation is 2. The maximum absolute atomic E-state index is 12.0. The number of thiazole rings is 1. The van der Waals surface area contributed by atoms with Gasteiger partial charge >= 0.3 is 5.97 Å². The van der Waals surface area contributed by atoms with Crippen LogP contribution in [-0.4, -0.2) is 28.0 Å². The first-order valence-electron chi connectivity index (χ1n) is 5.79. The number of hydrogen-bond donors (Lipinski definition) is 2. The van der Waals surface area contributed by atoms with Crippen LogP contribution in [0.15, 0.2) is 0 Å². The first-order chi connectivity index (χ1) is 8.31. The molecule has 0 aliphatic rings. The summed E-state index contributed by atoms with van der Waals surface area (Å²) in [4.78, 5) is 27.7. The standard InChI is InChI=1S/C12H18N2O3S/c1-6(2)5-9(12(16)17)14-11(15)10-7(3)13-8(4)18-10/h6,9H,5H2,1-4H3,(H,14,15)(H,16,17). The van der Waals surface area contributed by atoms with E-state index in [0.717, 1.165) is 5.01 Å². The molecule has 0 bridgehead atoms. The van der Waals surface area contributed by atoms with Crippen LogP contribution in [0.25, 0.3) is 0 Å². The summed E-state index contributed by atoms with van der Waals surface area (Å²) in [6.07, 6.45) is 0.415. The fourth-order valence-corrected chi connectivity index (χ4v) is 2.48. The molecule has 0 spiro atoms. The number of carboxylic acid groups (broad SMARTS) is 1. The smallest absolute Gasteiger partial charge is 0.326 e. The van der Waals surface area contributed by atoms with Crippen molar-refractivity contribution in [1.82, 2.24) is 10.3 Å². The summed E-state index contributed by atoms with van der Waals surface area (Å²) >= 11 is 1.28. The van der Waals surface area contributed by atoms with Gasteiger partial charge < -0.3 is 10.4 Å². The molecule has 6 heteroatoms. The van der Waals surface area contributed by atoms with Crippen LogP contribution in [-0.2, 0) is 4.79 Å². The first kappa shape index (κ1) is 14.6. The Balaban J connectivity index is 2.78. The van der Waals surface area contributed by atoms with Gasteiger partial charge in [-0.15, -0.1) is 11.3 Å². The summed E-state index contributed by atoms with van der Waals surface area (Å²) in [5.74, 6) is -1.15. The van der Waals surface area contributed by atoms with Crippen molar-refractivity contribution in [3.8, 4) is 0 Å². The van der Waals surface area contributed by atoms with Gasteiger partial charge in [0.05, 0.1) is 10.7 Å². The highest BCUT2D eigenvalue weighted by atomic mass is 32.1. The van der Waals surface area contributed by atoms with Crippen LogP contribution in [0.1, 0.15) is 40.6 Å². The fraction of sp³-hybridized carbons (Fsp3) is 0.583. The van der Waals surface area contributed by atoms with E-state index >= 15 is 0 Å². The largest absolute Gasteiger partial charge is 0.480 e. The minimum Gasteiger partial charge on any atom is -0.480 e. The Morgan fingerprint density at radius 2 is 2.00 bits per heavy atom. The van der Waals surface area contributed by atoms with E-state index in [9.17, 15) is 9.59 Å². The van der Waals surface area contributed by atoms with Crippen molar-refractivity contribution in [2.24, 2.45) is 5.92 Å². The van der Waals surface area contributed by atoms with Crippen molar-refractivity contribution in [3.63, 3.8) is 0 Å². The Hall–Kier alpha value is -1.43. The zero-order valence-electron chi connectivity index (χ0n) is 11.0. The van der Waals surface area contributed by atoms with Crippen molar-refractivity contribution < 1.29 is 14.7 Å². The maximum Gasteiger partial charge on any atom is 0.326 e. The molecule has 1 heterocycles. The van der Waals surface area contributed by atoms with Gasteiger partial charge in [-0.05, 0) is 26.2 Å². The topological polar surface area (TPSA) is 79.3 Å². The van der Waals surface area contributed by atoms with Crippen LogP contribution in [0.5, 0.6) is 0 Å². The summed E-state index contributed by atoms with van der Waals surface area (Å²) < 4.78 is 0. The van der Waals surface area contributed by atoms with Gasteiger partial charge in [-0.3, -0.25) is 4.79 Å². The van der Waals surface area contributed by atoms with Gasteiger partial charge in [-0.2, -0.15) is 0 Å². The highest BCUT2D eigenvalue weighted by molar-refractivity contribution is 7.13. The molecule has 0 saturated carbocycles. The summed E-state index contributed by atoms with van der Waals surface area (Å²) in [6.45, 7) is 7.41. The SMILES string of the molecule is Cc1nc(C)c(C(=O)NC(CC(C)C)C(=O)O)s1. The quantitative estimate of drug-likeness (QED) is 0.857.